The number of hydrogen-bond donors (Lipinski definition) is 0. The molecule has 8 nitrogen and oxygen atoms in total. The van der Waals surface area contributed by atoms with Crippen LogP contribution >= 0.6 is 0 Å². The summed E-state index contributed by atoms with van der Waals surface area (Å²) in [5.41, 5.74) is 1.55. The standard InChI is InChI=1S/C21H25FN2O6S/c1-15-7-5-6-8-18(15)24(31(4,27)28)13-21(26)30-14-20(25)23(2)12-16-9-10-19(29-3)17(22)11-16/h5-11H,12-14H2,1-4H3. The van der Waals surface area contributed by atoms with Crippen molar-refractivity contribution < 1.29 is 31.9 Å². The highest BCUT2D eigenvalue weighted by molar-refractivity contribution is 7.92. The topological polar surface area (TPSA) is 93.2 Å². The third-order valence-corrected chi connectivity index (χ3v) is 5.60. The molecule has 0 N–H and O–H groups in total. The van der Waals surface area contributed by atoms with Gasteiger partial charge in [0.2, 0.25) is 10.0 Å². The Morgan fingerprint density at radius 1 is 1.13 bits per heavy atom. The first-order chi connectivity index (χ1) is 14.5. The number of para-hydroxylation sites is 1. The average Bonchev–Trinajstić information content (AvgIpc) is 2.70. The van der Waals surface area contributed by atoms with E-state index in [0.29, 0.717) is 16.8 Å². The number of benzene rings is 2. The van der Waals surface area contributed by atoms with E-state index in [1.54, 1.807) is 37.3 Å². The number of aryl methyl sites for hydroxylation is 1. The Hall–Kier alpha value is -3.14. The second-order valence-corrected chi connectivity index (χ2v) is 8.84. The molecule has 0 bridgehead atoms. The van der Waals surface area contributed by atoms with Crippen LogP contribution in [0.5, 0.6) is 5.75 Å². The highest BCUT2D eigenvalue weighted by atomic mass is 32.2. The second kappa shape index (κ2) is 10.3. The van der Waals surface area contributed by atoms with E-state index in [1.807, 2.05) is 0 Å². The van der Waals surface area contributed by atoms with Gasteiger partial charge in [0, 0.05) is 13.6 Å². The van der Waals surface area contributed by atoms with Gasteiger partial charge in [-0.1, -0.05) is 24.3 Å². The van der Waals surface area contributed by atoms with Crippen LogP contribution in [0, 0.1) is 12.7 Å². The van der Waals surface area contributed by atoms with E-state index in [9.17, 15) is 22.4 Å². The number of carbonyl (C=O) groups excluding carboxylic acids is 2. The van der Waals surface area contributed by atoms with Gasteiger partial charge in [-0.25, -0.2) is 12.8 Å². The summed E-state index contributed by atoms with van der Waals surface area (Å²) in [5.74, 6) is -1.85. The Bertz CT molecular complexity index is 1060. The third-order valence-electron chi connectivity index (χ3n) is 4.48. The van der Waals surface area contributed by atoms with Crippen molar-refractivity contribution in [1.82, 2.24) is 4.90 Å². The molecule has 0 heterocycles. The highest BCUT2D eigenvalue weighted by Gasteiger charge is 2.23. The maximum Gasteiger partial charge on any atom is 0.327 e. The van der Waals surface area contributed by atoms with Crippen LogP contribution in [-0.4, -0.2) is 58.8 Å². The summed E-state index contributed by atoms with van der Waals surface area (Å²) < 4.78 is 48.8. The highest BCUT2D eigenvalue weighted by Crippen LogP contribution is 2.22. The van der Waals surface area contributed by atoms with E-state index in [1.165, 1.54) is 31.2 Å². The molecule has 0 aliphatic heterocycles. The first-order valence-electron chi connectivity index (χ1n) is 9.28. The number of rotatable bonds is 9. The molecule has 1 amide bonds. The molecular formula is C21H25FN2O6S. The molecule has 0 fully saturated rings. The van der Waals surface area contributed by atoms with Crippen molar-refractivity contribution >= 4 is 27.6 Å². The fraction of sp³-hybridized carbons (Fsp3) is 0.333. The van der Waals surface area contributed by atoms with Crippen molar-refractivity contribution in [1.29, 1.82) is 0 Å². The summed E-state index contributed by atoms with van der Waals surface area (Å²) in [6.45, 7) is 0.680. The lowest BCUT2D eigenvalue weighted by atomic mass is 10.2. The molecule has 168 valence electrons. The minimum absolute atomic E-state index is 0.0932. The van der Waals surface area contributed by atoms with Gasteiger partial charge in [0.15, 0.2) is 18.2 Å². The molecule has 2 aromatic rings. The third kappa shape index (κ3) is 6.68. The molecule has 10 heteroatoms. The summed E-state index contributed by atoms with van der Waals surface area (Å²) in [4.78, 5) is 25.8. The van der Waals surface area contributed by atoms with E-state index in [0.717, 1.165) is 10.6 Å². The monoisotopic (exact) mass is 452 g/mol. The van der Waals surface area contributed by atoms with Crippen LogP contribution in [0.3, 0.4) is 0 Å². The average molecular weight is 453 g/mol. The molecule has 0 saturated heterocycles. The van der Waals surface area contributed by atoms with Gasteiger partial charge in [0.05, 0.1) is 19.1 Å². The van der Waals surface area contributed by atoms with E-state index >= 15 is 0 Å². The van der Waals surface area contributed by atoms with Gasteiger partial charge in [0.1, 0.15) is 6.54 Å². The van der Waals surface area contributed by atoms with E-state index < -0.39 is 40.9 Å². The zero-order chi connectivity index (χ0) is 23.2. The zero-order valence-corrected chi connectivity index (χ0v) is 18.6. The van der Waals surface area contributed by atoms with Gasteiger partial charge >= 0.3 is 5.97 Å². The second-order valence-electron chi connectivity index (χ2n) is 6.94. The number of ether oxygens (including phenoxy) is 2. The SMILES string of the molecule is COc1ccc(CN(C)C(=O)COC(=O)CN(c2ccccc2C)S(C)(=O)=O)cc1F. The van der Waals surface area contributed by atoms with Gasteiger partial charge in [-0.15, -0.1) is 0 Å². The summed E-state index contributed by atoms with van der Waals surface area (Å²) in [5, 5.41) is 0. The quantitative estimate of drug-likeness (QED) is 0.541. The first kappa shape index (κ1) is 24.1. The lowest BCUT2D eigenvalue weighted by molar-refractivity contribution is -0.150. The van der Waals surface area contributed by atoms with Gasteiger partial charge in [-0.3, -0.25) is 13.9 Å². The number of sulfonamides is 1. The smallest absolute Gasteiger partial charge is 0.327 e. The molecule has 0 aromatic heterocycles. The van der Waals surface area contributed by atoms with Crippen molar-refractivity contribution in [2.45, 2.75) is 13.5 Å². The number of anilines is 1. The Kier molecular flexibility index (Phi) is 7.98. The molecule has 0 saturated carbocycles. The fourth-order valence-corrected chi connectivity index (χ4v) is 3.71. The summed E-state index contributed by atoms with van der Waals surface area (Å²) in [6.07, 6.45) is 0.986. The van der Waals surface area contributed by atoms with Crippen LogP contribution in [0.1, 0.15) is 11.1 Å². The Morgan fingerprint density at radius 2 is 1.81 bits per heavy atom. The van der Waals surface area contributed by atoms with Crippen LogP contribution in [0.4, 0.5) is 10.1 Å². The summed E-state index contributed by atoms with van der Waals surface area (Å²) in [6, 6.07) is 11.0. The maximum absolute atomic E-state index is 13.8. The number of amides is 1. The minimum atomic E-state index is -3.75. The zero-order valence-electron chi connectivity index (χ0n) is 17.8. The molecular weight excluding hydrogens is 427 g/mol. The number of likely N-dealkylation sites (N-methyl/N-ethyl adjacent to an activating group) is 1. The number of nitrogens with zero attached hydrogens (tertiary/aromatic N) is 2. The Morgan fingerprint density at radius 3 is 2.39 bits per heavy atom. The van der Waals surface area contributed by atoms with Crippen LogP contribution in [0.15, 0.2) is 42.5 Å². The van der Waals surface area contributed by atoms with Crippen LogP contribution in [-0.2, 0) is 30.9 Å². The van der Waals surface area contributed by atoms with E-state index in [4.69, 9.17) is 9.47 Å². The van der Waals surface area contributed by atoms with Gasteiger partial charge in [-0.2, -0.15) is 0 Å². The van der Waals surface area contributed by atoms with Crippen LogP contribution in [0.2, 0.25) is 0 Å². The van der Waals surface area contributed by atoms with Crippen molar-refractivity contribution in [2.75, 3.05) is 37.9 Å². The van der Waals surface area contributed by atoms with Crippen LogP contribution < -0.4 is 9.04 Å². The number of halogens is 1. The maximum atomic E-state index is 13.8. The fourth-order valence-electron chi connectivity index (χ4n) is 2.81. The molecule has 2 aromatic carbocycles. The summed E-state index contributed by atoms with van der Waals surface area (Å²) in [7, 11) is -0.916. The largest absolute Gasteiger partial charge is 0.494 e. The van der Waals surface area contributed by atoms with E-state index in [-0.39, 0.29) is 12.3 Å². The Balaban J connectivity index is 1.96. The van der Waals surface area contributed by atoms with Gasteiger partial charge in [0.25, 0.3) is 5.91 Å². The first-order valence-corrected chi connectivity index (χ1v) is 11.1. The molecule has 0 unspecified atom stereocenters. The van der Waals surface area contributed by atoms with Gasteiger partial charge < -0.3 is 14.4 Å². The van der Waals surface area contributed by atoms with Crippen molar-refractivity contribution in [3.63, 3.8) is 0 Å². The number of esters is 1. The molecule has 0 atom stereocenters. The molecule has 2 rings (SSSR count). The molecule has 0 spiro atoms. The number of hydrogen-bond acceptors (Lipinski definition) is 6. The molecule has 0 aliphatic rings. The van der Waals surface area contributed by atoms with Crippen LogP contribution in [0.25, 0.3) is 0 Å². The molecule has 31 heavy (non-hydrogen) atoms. The lowest BCUT2D eigenvalue weighted by Crippen LogP contribution is -2.38. The van der Waals surface area contributed by atoms with Crippen molar-refractivity contribution in [3.8, 4) is 5.75 Å². The van der Waals surface area contributed by atoms with Gasteiger partial charge in [-0.05, 0) is 36.2 Å². The summed E-state index contributed by atoms with van der Waals surface area (Å²) >= 11 is 0. The number of carbonyl (C=O) groups is 2. The predicted octanol–water partition coefficient (Wildman–Crippen LogP) is 2.11. The van der Waals surface area contributed by atoms with Crippen molar-refractivity contribution in [2.24, 2.45) is 0 Å². The van der Waals surface area contributed by atoms with E-state index in [2.05, 4.69) is 0 Å². The predicted molar refractivity (Wildman–Crippen MR) is 114 cm³/mol. The molecule has 0 radical (unpaired) electrons. The number of methoxy groups -OCH3 is 1. The Labute approximate surface area is 181 Å². The minimum Gasteiger partial charge on any atom is -0.494 e. The van der Waals surface area contributed by atoms with Crippen molar-refractivity contribution in [3.05, 3.63) is 59.4 Å². The normalized spacial score (nSPS) is 11.0. The lowest BCUT2D eigenvalue weighted by Gasteiger charge is -2.23. The molecule has 0 aliphatic carbocycles.